The smallest absolute Gasteiger partial charge is 0.303 e. The standard InChI is InChI=1S/C9H12N2O5S/c1-10-4-6(7(12)5-17(3,15)16)8(13)11(2)9(10)14/h4H,5H2,1-3H3. The molecule has 1 aromatic rings. The van der Waals surface area contributed by atoms with Crippen molar-refractivity contribution in [2.45, 2.75) is 0 Å². The van der Waals surface area contributed by atoms with Crippen LogP contribution in [0.15, 0.2) is 15.8 Å². The first-order chi connectivity index (χ1) is 7.63. The van der Waals surface area contributed by atoms with Crippen molar-refractivity contribution in [1.29, 1.82) is 0 Å². The number of sulfone groups is 1. The summed E-state index contributed by atoms with van der Waals surface area (Å²) in [5.41, 5.74) is -1.67. The topological polar surface area (TPSA) is 95.2 Å². The molecule has 0 aliphatic rings. The Morgan fingerprint density at radius 1 is 1.29 bits per heavy atom. The zero-order valence-electron chi connectivity index (χ0n) is 9.63. The van der Waals surface area contributed by atoms with Gasteiger partial charge in [0, 0.05) is 26.5 Å². The number of nitrogens with zero attached hydrogens (tertiary/aromatic N) is 2. The van der Waals surface area contributed by atoms with E-state index in [0.29, 0.717) is 0 Å². The number of aryl methyl sites for hydroxylation is 1. The molecule has 0 spiro atoms. The van der Waals surface area contributed by atoms with Crippen molar-refractivity contribution >= 4 is 15.6 Å². The van der Waals surface area contributed by atoms with E-state index in [1.807, 2.05) is 0 Å². The lowest BCUT2D eigenvalue weighted by Crippen LogP contribution is -2.40. The molecule has 0 N–H and O–H groups in total. The number of hydrogen-bond acceptors (Lipinski definition) is 5. The van der Waals surface area contributed by atoms with Crippen LogP contribution in [0.1, 0.15) is 10.4 Å². The fourth-order valence-electron chi connectivity index (χ4n) is 1.32. The number of aromatic nitrogens is 2. The molecule has 7 nitrogen and oxygen atoms in total. The second-order valence-corrected chi connectivity index (χ2v) is 5.93. The average molecular weight is 260 g/mol. The number of Topliss-reactive ketones (excluding diaryl/α,β-unsaturated/α-hetero) is 1. The Kier molecular flexibility index (Phi) is 3.37. The summed E-state index contributed by atoms with van der Waals surface area (Å²) in [6.45, 7) is 0. The second kappa shape index (κ2) is 4.28. The van der Waals surface area contributed by atoms with Crippen LogP contribution in [0.5, 0.6) is 0 Å². The number of hydrogen-bond donors (Lipinski definition) is 0. The summed E-state index contributed by atoms with van der Waals surface area (Å²) in [7, 11) is -0.911. The molecule has 17 heavy (non-hydrogen) atoms. The highest BCUT2D eigenvalue weighted by Gasteiger charge is 2.18. The van der Waals surface area contributed by atoms with E-state index in [2.05, 4.69) is 0 Å². The van der Waals surface area contributed by atoms with Crippen LogP contribution in [0.3, 0.4) is 0 Å². The Bertz CT molecular complexity index is 680. The lowest BCUT2D eigenvalue weighted by molar-refractivity contribution is 0.101. The molecule has 0 bridgehead atoms. The Hall–Kier alpha value is -1.70. The number of carbonyl (C=O) groups is 1. The zero-order valence-corrected chi connectivity index (χ0v) is 10.4. The monoisotopic (exact) mass is 260 g/mol. The molecule has 8 heteroatoms. The summed E-state index contributed by atoms with van der Waals surface area (Å²) in [6.07, 6.45) is 1.95. The number of rotatable bonds is 3. The molecule has 0 aromatic carbocycles. The van der Waals surface area contributed by atoms with Gasteiger partial charge in [0.15, 0.2) is 15.6 Å². The van der Waals surface area contributed by atoms with E-state index in [0.717, 1.165) is 21.6 Å². The Balaban J connectivity index is 3.40. The first-order valence-electron chi connectivity index (χ1n) is 4.61. The third-order valence-corrected chi connectivity index (χ3v) is 2.93. The molecule has 94 valence electrons. The molecule has 1 rings (SSSR count). The highest BCUT2D eigenvalue weighted by atomic mass is 32.2. The SMILES string of the molecule is Cn1cc(C(=O)CS(C)(=O)=O)c(=O)n(C)c1=O. The normalized spacial score (nSPS) is 11.5. The molecular weight excluding hydrogens is 248 g/mol. The molecular formula is C9H12N2O5S. The lowest BCUT2D eigenvalue weighted by Gasteiger charge is -2.05. The average Bonchev–Trinajstić information content (AvgIpc) is 2.17. The van der Waals surface area contributed by atoms with E-state index in [1.54, 1.807) is 0 Å². The van der Waals surface area contributed by atoms with Gasteiger partial charge < -0.3 is 4.57 Å². The minimum Gasteiger partial charge on any atom is -0.303 e. The molecule has 0 saturated heterocycles. The second-order valence-electron chi connectivity index (χ2n) is 3.79. The molecule has 0 radical (unpaired) electrons. The van der Waals surface area contributed by atoms with Crippen molar-refractivity contribution in [3.63, 3.8) is 0 Å². The van der Waals surface area contributed by atoms with Gasteiger partial charge in [0.1, 0.15) is 11.3 Å². The van der Waals surface area contributed by atoms with Crippen molar-refractivity contribution in [3.8, 4) is 0 Å². The van der Waals surface area contributed by atoms with Crippen LogP contribution in [0.25, 0.3) is 0 Å². The van der Waals surface area contributed by atoms with E-state index in [1.165, 1.54) is 14.1 Å². The third-order valence-electron chi connectivity index (χ3n) is 2.14. The Labute approximate surface area is 97.2 Å². The molecule has 1 aromatic heterocycles. The fraction of sp³-hybridized carbons (Fsp3) is 0.444. The predicted molar refractivity (Wildman–Crippen MR) is 61.0 cm³/mol. The molecule has 0 amide bonds. The van der Waals surface area contributed by atoms with Crippen molar-refractivity contribution in [2.75, 3.05) is 12.0 Å². The van der Waals surface area contributed by atoms with Gasteiger partial charge in [0.25, 0.3) is 5.56 Å². The van der Waals surface area contributed by atoms with Gasteiger partial charge in [-0.3, -0.25) is 14.2 Å². The summed E-state index contributed by atoms with van der Waals surface area (Å²) in [4.78, 5) is 34.5. The van der Waals surface area contributed by atoms with Crippen LogP contribution in [-0.2, 0) is 23.9 Å². The van der Waals surface area contributed by atoms with Crippen molar-refractivity contribution in [1.82, 2.24) is 9.13 Å². The summed E-state index contributed by atoms with van der Waals surface area (Å²) in [5.74, 6) is -1.57. The summed E-state index contributed by atoms with van der Waals surface area (Å²) in [6, 6.07) is 0. The van der Waals surface area contributed by atoms with Gasteiger partial charge in [-0.1, -0.05) is 0 Å². The Morgan fingerprint density at radius 2 is 1.82 bits per heavy atom. The lowest BCUT2D eigenvalue weighted by atomic mass is 10.2. The van der Waals surface area contributed by atoms with E-state index in [-0.39, 0.29) is 5.56 Å². The number of ketones is 1. The van der Waals surface area contributed by atoms with Crippen molar-refractivity contribution in [2.24, 2.45) is 14.1 Å². The Morgan fingerprint density at radius 3 is 2.29 bits per heavy atom. The van der Waals surface area contributed by atoms with E-state index in [9.17, 15) is 22.8 Å². The minimum absolute atomic E-state index is 0.306. The molecule has 0 fully saturated rings. The van der Waals surface area contributed by atoms with Gasteiger partial charge in [-0.25, -0.2) is 13.2 Å². The zero-order chi connectivity index (χ0) is 13.4. The van der Waals surface area contributed by atoms with Gasteiger partial charge >= 0.3 is 5.69 Å². The highest BCUT2D eigenvalue weighted by Crippen LogP contribution is 1.94. The molecule has 1 heterocycles. The maximum absolute atomic E-state index is 11.6. The molecule has 0 aliphatic heterocycles. The maximum atomic E-state index is 11.6. The number of carbonyl (C=O) groups excluding carboxylic acids is 1. The maximum Gasteiger partial charge on any atom is 0.330 e. The molecule has 0 atom stereocenters. The predicted octanol–water partition coefficient (Wildman–Crippen LogP) is -1.69. The molecule has 0 unspecified atom stereocenters. The van der Waals surface area contributed by atoms with Gasteiger partial charge in [0.05, 0.1) is 0 Å². The summed E-state index contributed by atoms with van der Waals surface area (Å²) < 4.78 is 23.7. The van der Waals surface area contributed by atoms with Gasteiger partial charge in [-0.2, -0.15) is 0 Å². The van der Waals surface area contributed by atoms with E-state index >= 15 is 0 Å². The molecule has 0 aliphatic carbocycles. The quantitative estimate of drug-likeness (QED) is 0.604. The first kappa shape index (κ1) is 13.4. The third kappa shape index (κ3) is 2.90. The van der Waals surface area contributed by atoms with Crippen LogP contribution in [0.2, 0.25) is 0 Å². The van der Waals surface area contributed by atoms with Crippen LogP contribution in [0, 0.1) is 0 Å². The fourth-order valence-corrected chi connectivity index (χ4v) is 1.95. The van der Waals surface area contributed by atoms with Crippen molar-refractivity contribution in [3.05, 3.63) is 32.6 Å². The van der Waals surface area contributed by atoms with Gasteiger partial charge in [-0.15, -0.1) is 0 Å². The molecule has 0 saturated carbocycles. The van der Waals surface area contributed by atoms with Crippen LogP contribution in [0.4, 0.5) is 0 Å². The summed E-state index contributed by atoms with van der Waals surface area (Å²) >= 11 is 0. The van der Waals surface area contributed by atoms with Gasteiger partial charge in [0.2, 0.25) is 0 Å². The van der Waals surface area contributed by atoms with Gasteiger partial charge in [-0.05, 0) is 0 Å². The van der Waals surface area contributed by atoms with Crippen LogP contribution in [-0.4, -0.2) is 35.3 Å². The van der Waals surface area contributed by atoms with Crippen molar-refractivity contribution < 1.29 is 13.2 Å². The first-order valence-corrected chi connectivity index (χ1v) is 6.67. The van der Waals surface area contributed by atoms with Crippen LogP contribution >= 0.6 is 0 Å². The highest BCUT2D eigenvalue weighted by molar-refractivity contribution is 7.91. The minimum atomic E-state index is -3.51. The summed E-state index contributed by atoms with van der Waals surface area (Å²) in [5, 5.41) is 0. The van der Waals surface area contributed by atoms with Crippen LogP contribution < -0.4 is 11.2 Å². The van der Waals surface area contributed by atoms with E-state index < -0.39 is 32.6 Å². The largest absolute Gasteiger partial charge is 0.330 e. The van der Waals surface area contributed by atoms with E-state index in [4.69, 9.17) is 0 Å².